The van der Waals surface area contributed by atoms with Crippen LogP contribution in [-0.4, -0.2) is 23.9 Å². The van der Waals surface area contributed by atoms with Crippen molar-refractivity contribution < 1.29 is 38.1 Å². The highest BCUT2D eigenvalue weighted by Crippen LogP contribution is 2.39. The summed E-state index contributed by atoms with van der Waals surface area (Å²) in [5.74, 6) is 1.32. The van der Waals surface area contributed by atoms with Gasteiger partial charge in [0.05, 0.1) is 25.7 Å². The minimum Gasteiger partial charge on any atom is -0.426 e. The molecule has 8 heteroatoms. The number of carbonyl (C=O) groups is 4. The lowest BCUT2D eigenvalue weighted by molar-refractivity contribution is -0.137. The number of carbonyl (C=O) groups excluding carboxylic acids is 4. The summed E-state index contributed by atoms with van der Waals surface area (Å²) < 4.78 is 20.5. The topological polar surface area (TPSA) is 105 Å². The Morgan fingerprint density at radius 3 is 1.59 bits per heavy atom. The fraction of sp³-hybridized carbons (Fsp3) is 0.333. The van der Waals surface area contributed by atoms with E-state index in [-0.39, 0.29) is 23.9 Å². The second-order valence-corrected chi connectivity index (χ2v) is 7.99. The third-order valence-corrected chi connectivity index (χ3v) is 5.80. The molecule has 0 aromatic heterocycles. The van der Waals surface area contributed by atoms with E-state index in [0.29, 0.717) is 74.4 Å². The van der Waals surface area contributed by atoms with E-state index in [1.54, 1.807) is 12.1 Å². The Balaban J connectivity index is 0.000000135. The van der Waals surface area contributed by atoms with Crippen LogP contribution in [0.3, 0.4) is 0 Å². The van der Waals surface area contributed by atoms with E-state index in [2.05, 4.69) is 0 Å². The number of ether oxygens (including phenoxy) is 4. The summed E-state index contributed by atoms with van der Waals surface area (Å²) >= 11 is 0. The van der Waals surface area contributed by atoms with Gasteiger partial charge in [0.2, 0.25) is 0 Å². The Bertz CT molecular complexity index is 1110. The fourth-order valence-corrected chi connectivity index (χ4v) is 4.18. The first-order valence-electron chi connectivity index (χ1n) is 10.6. The molecule has 0 unspecified atom stereocenters. The Hall–Kier alpha value is -3.68. The summed E-state index contributed by atoms with van der Waals surface area (Å²) in [5, 5.41) is 0. The van der Waals surface area contributed by atoms with Gasteiger partial charge in [-0.2, -0.15) is 0 Å². The number of hydrogen-bond donors (Lipinski definition) is 0. The molecule has 0 saturated heterocycles. The Morgan fingerprint density at radius 2 is 0.969 bits per heavy atom. The standard InChI is InChI=1S/2C12H10O4/c13-10-6-3-8-9(15-10)4-1-7-2-5-11(14)16-12(7)8;13-11-3-1-7-5-8-2-4-12(14)16-10(8)6-9(7)15-11/h1,4H,2-3,5-6H2;5-6H,1-4H2. The van der Waals surface area contributed by atoms with Crippen LogP contribution in [0.2, 0.25) is 0 Å². The summed E-state index contributed by atoms with van der Waals surface area (Å²) in [4.78, 5) is 44.6. The highest BCUT2D eigenvalue weighted by Gasteiger charge is 2.27. The Kier molecular flexibility index (Phi) is 5.13. The van der Waals surface area contributed by atoms with Gasteiger partial charge in [0.25, 0.3) is 0 Å². The van der Waals surface area contributed by atoms with Crippen molar-refractivity contribution in [1.82, 2.24) is 0 Å². The highest BCUT2D eigenvalue weighted by atomic mass is 16.6. The van der Waals surface area contributed by atoms with Crippen LogP contribution in [0, 0.1) is 0 Å². The predicted molar refractivity (Wildman–Crippen MR) is 109 cm³/mol. The molecule has 0 spiro atoms. The first-order valence-corrected chi connectivity index (χ1v) is 10.6. The predicted octanol–water partition coefficient (Wildman–Crippen LogP) is 2.78. The molecule has 0 bridgehead atoms. The molecule has 4 aliphatic heterocycles. The van der Waals surface area contributed by atoms with E-state index < -0.39 is 0 Å². The minimum atomic E-state index is -0.227. The maximum Gasteiger partial charge on any atom is 0.311 e. The van der Waals surface area contributed by atoms with Crippen molar-refractivity contribution >= 4 is 23.9 Å². The molecule has 0 fully saturated rings. The number of hydrogen-bond acceptors (Lipinski definition) is 8. The van der Waals surface area contributed by atoms with Crippen molar-refractivity contribution in [1.29, 1.82) is 0 Å². The molecule has 0 amide bonds. The van der Waals surface area contributed by atoms with Crippen LogP contribution in [0.5, 0.6) is 23.0 Å². The zero-order chi connectivity index (χ0) is 22.2. The van der Waals surface area contributed by atoms with Crippen LogP contribution in [0.25, 0.3) is 0 Å². The number of benzene rings is 2. The average Bonchev–Trinajstić information content (AvgIpc) is 2.77. The zero-order valence-electron chi connectivity index (χ0n) is 17.2. The van der Waals surface area contributed by atoms with Gasteiger partial charge in [0.15, 0.2) is 0 Å². The van der Waals surface area contributed by atoms with Crippen LogP contribution in [-0.2, 0) is 44.9 Å². The van der Waals surface area contributed by atoms with E-state index in [0.717, 1.165) is 22.3 Å². The first kappa shape index (κ1) is 20.2. The van der Waals surface area contributed by atoms with E-state index in [9.17, 15) is 19.2 Å². The largest absolute Gasteiger partial charge is 0.426 e. The van der Waals surface area contributed by atoms with E-state index in [1.165, 1.54) is 0 Å². The van der Waals surface area contributed by atoms with Gasteiger partial charge in [0, 0.05) is 11.6 Å². The molecule has 0 atom stereocenters. The Morgan fingerprint density at radius 1 is 0.469 bits per heavy atom. The van der Waals surface area contributed by atoms with Crippen LogP contribution >= 0.6 is 0 Å². The van der Waals surface area contributed by atoms with E-state index in [4.69, 9.17) is 18.9 Å². The summed E-state index contributed by atoms with van der Waals surface area (Å²) in [6.45, 7) is 0. The van der Waals surface area contributed by atoms with E-state index in [1.807, 2.05) is 12.1 Å². The van der Waals surface area contributed by atoms with Crippen LogP contribution < -0.4 is 18.9 Å². The molecule has 164 valence electrons. The fourth-order valence-electron chi connectivity index (χ4n) is 4.18. The van der Waals surface area contributed by atoms with Crippen molar-refractivity contribution in [2.24, 2.45) is 0 Å². The van der Waals surface area contributed by atoms with Gasteiger partial charge in [-0.05, 0) is 54.5 Å². The van der Waals surface area contributed by atoms with Gasteiger partial charge < -0.3 is 18.9 Å². The smallest absolute Gasteiger partial charge is 0.311 e. The third kappa shape index (κ3) is 3.95. The van der Waals surface area contributed by atoms with Crippen LogP contribution in [0.1, 0.15) is 47.9 Å². The second-order valence-electron chi connectivity index (χ2n) is 7.99. The monoisotopic (exact) mass is 436 g/mol. The number of aryl methyl sites for hydroxylation is 3. The van der Waals surface area contributed by atoms with E-state index >= 15 is 0 Å². The van der Waals surface area contributed by atoms with Crippen molar-refractivity contribution in [2.75, 3.05) is 0 Å². The number of esters is 4. The zero-order valence-corrected chi connectivity index (χ0v) is 17.2. The second kappa shape index (κ2) is 8.11. The molecule has 0 N–H and O–H groups in total. The normalized spacial score (nSPS) is 18.2. The van der Waals surface area contributed by atoms with Gasteiger partial charge >= 0.3 is 23.9 Å². The third-order valence-electron chi connectivity index (χ3n) is 5.80. The molecule has 0 aliphatic carbocycles. The molecule has 4 aliphatic rings. The molecule has 6 rings (SSSR count). The van der Waals surface area contributed by atoms with Gasteiger partial charge in [-0.3, -0.25) is 19.2 Å². The summed E-state index contributed by atoms with van der Waals surface area (Å²) in [5.41, 5.74) is 3.93. The van der Waals surface area contributed by atoms with Crippen molar-refractivity contribution in [3.8, 4) is 23.0 Å². The highest BCUT2D eigenvalue weighted by molar-refractivity contribution is 5.80. The van der Waals surface area contributed by atoms with Gasteiger partial charge in [0.1, 0.15) is 23.0 Å². The molecule has 8 nitrogen and oxygen atoms in total. The van der Waals surface area contributed by atoms with Crippen molar-refractivity contribution in [3.05, 3.63) is 46.5 Å². The molecular weight excluding hydrogens is 416 g/mol. The minimum absolute atomic E-state index is 0.210. The average molecular weight is 436 g/mol. The van der Waals surface area contributed by atoms with Crippen molar-refractivity contribution in [2.45, 2.75) is 51.4 Å². The molecule has 4 heterocycles. The summed E-state index contributed by atoms with van der Waals surface area (Å²) in [6, 6.07) is 7.27. The van der Waals surface area contributed by atoms with Gasteiger partial charge in [-0.15, -0.1) is 0 Å². The molecular formula is C24H20O8. The van der Waals surface area contributed by atoms with Gasteiger partial charge in [-0.1, -0.05) is 6.07 Å². The maximum atomic E-state index is 11.2. The summed E-state index contributed by atoms with van der Waals surface area (Å²) in [7, 11) is 0. The molecule has 0 saturated carbocycles. The van der Waals surface area contributed by atoms with Crippen molar-refractivity contribution in [3.63, 3.8) is 0 Å². The first-order chi connectivity index (χ1) is 15.5. The SMILES string of the molecule is O=C1CCc2c(ccc3c2OC(=O)CC3)O1.O=C1CCc2cc3c(cc2O1)OC(=O)CC3. The number of rotatable bonds is 0. The lowest BCUT2D eigenvalue weighted by Gasteiger charge is -2.23. The van der Waals surface area contributed by atoms with Gasteiger partial charge in [-0.25, -0.2) is 0 Å². The summed E-state index contributed by atoms with van der Waals surface area (Å²) in [6.07, 6.45) is 4.31. The Labute approximate surface area is 183 Å². The molecule has 2 aromatic rings. The van der Waals surface area contributed by atoms with Crippen LogP contribution in [0.4, 0.5) is 0 Å². The molecule has 2 aromatic carbocycles. The molecule has 0 radical (unpaired) electrons. The number of fused-ring (bicyclic) bond motifs is 5. The quantitative estimate of drug-likeness (QED) is 0.459. The molecule has 32 heavy (non-hydrogen) atoms. The lowest BCUT2D eigenvalue weighted by Crippen LogP contribution is -2.21. The lowest BCUT2D eigenvalue weighted by atomic mass is 9.97. The van der Waals surface area contributed by atoms with Crippen LogP contribution in [0.15, 0.2) is 24.3 Å². The maximum absolute atomic E-state index is 11.2.